The highest BCUT2D eigenvalue weighted by Crippen LogP contribution is 2.25. The molecule has 0 aromatic heterocycles. The van der Waals surface area contributed by atoms with Crippen LogP contribution >= 0.6 is 15.9 Å². The van der Waals surface area contributed by atoms with Gasteiger partial charge in [-0.2, -0.15) is 8.78 Å². The lowest BCUT2D eigenvalue weighted by Gasteiger charge is -2.37. The van der Waals surface area contributed by atoms with Crippen LogP contribution in [-0.2, 0) is 4.79 Å². The van der Waals surface area contributed by atoms with Crippen LogP contribution in [0.4, 0.5) is 14.5 Å². The molecule has 0 spiro atoms. The number of halogens is 3. The fraction of sp³-hybridized carbons (Fsp3) is 0.364. The van der Waals surface area contributed by atoms with Crippen molar-refractivity contribution in [3.05, 3.63) is 58.1 Å². The van der Waals surface area contributed by atoms with E-state index in [0.29, 0.717) is 31.9 Å². The Balaban J connectivity index is 1.59. The molecule has 0 aliphatic carbocycles. The van der Waals surface area contributed by atoms with Crippen molar-refractivity contribution in [1.29, 1.82) is 0 Å². The number of benzene rings is 2. The van der Waals surface area contributed by atoms with Gasteiger partial charge in [-0.1, -0.05) is 18.2 Å². The van der Waals surface area contributed by atoms with E-state index in [4.69, 9.17) is 0 Å². The fourth-order valence-corrected chi connectivity index (χ4v) is 4.04. The first-order valence-electron chi connectivity index (χ1n) is 9.90. The van der Waals surface area contributed by atoms with Gasteiger partial charge in [-0.05, 0) is 59.6 Å². The second-order valence-corrected chi connectivity index (χ2v) is 8.21. The van der Waals surface area contributed by atoms with Crippen LogP contribution in [0.3, 0.4) is 0 Å². The first-order valence-corrected chi connectivity index (χ1v) is 10.7. The zero-order valence-electron chi connectivity index (χ0n) is 17.3. The third-order valence-electron chi connectivity index (χ3n) is 5.24. The second kappa shape index (κ2) is 10.2. The van der Waals surface area contributed by atoms with Gasteiger partial charge in [0.1, 0.15) is 5.75 Å². The number of hydrogen-bond donors (Lipinski definition) is 1. The van der Waals surface area contributed by atoms with E-state index in [1.807, 2.05) is 36.9 Å². The van der Waals surface area contributed by atoms with Crippen LogP contribution in [0.1, 0.15) is 22.8 Å². The van der Waals surface area contributed by atoms with Crippen molar-refractivity contribution < 1.29 is 23.1 Å². The number of aryl methyl sites for hydroxylation is 1. The summed E-state index contributed by atoms with van der Waals surface area (Å²) in [7, 11) is 0. The number of hydrogen-bond acceptors (Lipinski definition) is 4. The topological polar surface area (TPSA) is 61.9 Å². The van der Waals surface area contributed by atoms with Gasteiger partial charge in [-0.15, -0.1) is 0 Å². The molecule has 1 saturated heterocycles. The SMILES string of the molecule is Cc1ccc(NC(=O)C(C)N2CCN(C(=O)c3ccccc3OC(F)F)CC2)c(Br)c1. The molecule has 31 heavy (non-hydrogen) atoms. The highest BCUT2D eigenvalue weighted by Gasteiger charge is 2.29. The average Bonchev–Trinajstić information content (AvgIpc) is 2.74. The van der Waals surface area contributed by atoms with Crippen molar-refractivity contribution in [2.75, 3.05) is 31.5 Å². The quantitative estimate of drug-likeness (QED) is 0.653. The molecule has 1 aliphatic heterocycles. The van der Waals surface area contributed by atoms with Gasteiger partial charge in [-0.25, -0.2) is 0 Å². The van der Waals surface area contributed by atoms with Crippen molar-refractivity contribution in [3.63, 3.8) is 0 Å². The molecule has 0 saturated carbocycles. The zero-order chi connectivity index (χ0) is 22.5. The average molecular weight is 496 g/mol. The number of piperazine rings is 1. The summed E-state index contributed by atoms with van der Waals surface area (Å²) in [6.07, 6.45) is 0. The van der Waals surface area contributed by atoms with Crippen LogP contribution in [0.2, 0.25) is 0 Å². The minimum absolute atomic E-state index is 0.103. The van der Waals surface area contributed by atoms with Crippen molar-refractivity contribution in [1.82, 2.24) is 9.80 Å². The summed E-state index contributed by atoms with van der Waals surface area (Å²) in [5.74, 6) is -0.641. The molecule has 1 heterocycles. The maximum atomic E-state index is 12.8. The molecule has 6 nitrogen and oxygen atoms in total. The molecule has 1 fully saturated rings. The van der Waals surface area contributed by atoms with Gasteiger partial charge in [0.05, 0.1) is 17.3 Å². The Labute approximate surface area is 188 Å². The van der Waals surface area contributed by atoms with Gasteiger partial charge in [0.2, 0.25) is 5.91 Å². The maximum Gasteiger partial charge on any atom is 0.387 e. The normalized spacial score (nSPS) is 15.6. The number of para-hydroxylation sites is 1. The van der Waals surface area contributed by atoms with Crippen molar-refractivity contribution in [3.8, 4) is 5.75 Å². The summed E-state index contributed by atoms with van der Waals surface area (Å²) < 4.78 is 30.5. The molecule has 0 bridgehead atoms. The third-order valence-corrected chi connectivity index (χ3v) is 5.90. The van der Waals surface area contributed by atoms with Gasteiger partial charge >= 0.3 is 6.61 Å². The van der Waals surface area contributed by atoms with Gasteiger partial charge < -0.3 is 15.0 Å². The summed E-state index contributed by atoms with van der Waals surface area (Å²) in [5, 5.41) is 2.92. The largest absolute Gasteiger partial charge is 0.434 e. The van der Waals surface area contributed by atoms with Gasteiger partial charge in [-0.3, -0.25) is 14.5 Å². The molecule has 2 aromatic carbocycles. The summed E-state index contributed by atoms with van der Waals surface area (Å²) in [6.45, 7) is 2.54. The van der Waals surface area contributed by atoms with E-state index in [9.17, 15) is 18.4 Å². The number of anilines is 1. The number of nitrogens with zero attached hydrogens (tertiary/aromatic N) is 2. The van der Waals surface area contributed by atoms with Crippen molar-refractivity contribution in [2.24, 2.45) is 0 Å². The summed E-state index contributed by atoms with van der Waals surface area (Å²) in [6, 6.07) is 11.3. The monoisotopic (exact) mass is 495 g/mol. The van der Waals surface area contributed by atoms with E-state index < -0.39 is 6.61 Å². The molecular formula is C22H24BrF2N3O3. The molecule has 1 unspecified atom stereocenters. The molecule has 9 heteroatoms. The Hall–Kier alpha value is -2.52. The molecule has 3 rings (SSSR count). The zero-order valence-corrected chi connectivity index (χ0v) is 18.9. The number of amides is 2. The Morgan fingerprint density at radius 1 is 1.10 bits per heavy atom. The number of ether oxygens (including phenoxy) is 1. The van der Waals surface area contributed by atoms with Crippen LogP contribution in [0.15, 0.2) is 46.9 Å². The summed E-state index contributed by atoms with van der Waals surface area (Å²) in [4.78, 5) is 29.1. The molecule has 2 aromatic rings. The Bertz CT molecular complexity index is 949. The van der Waals surface area contributed by atoms with Crippen LogP contribution in [-0.4, -0.2) is 60.4 Å². The molecule has 166 valence electrons. The summed E-state index contributed by atoms with van der Waals surface area (Å²) >= 11 is 3.46. The Morgan fingerprint density at radius 2 is 1.77 bits per heavy atom. The number of carbonyl (C=O) groups is 2. The summed E-state index contributed by atoms with van der Waals surface area (Å²) in [5.41, 5.74) is 1.89. The number of rotatable bonds is 6. The number of nitrogens with one attached hydrogen (secondary N) is 1. The van der Waals surface area contributed by atoms with Crippen LogP contribution in [0.25, 0.3) is 0 Å². The maximum absolute atomic E-state index is 12.8. The Morgan fingerprint density at radius 3 is 2.42 bits per heavy atom. The number of carbonyl (C=O) groups excluding carboxylic acids is 2. The molecule has 1 N–H and O–H groups in total. The lowest BCUT2D eigenvalue weighted by atomic mass is 10.1. The highest BCUT2D eigenvalue weighted by atomic mass is 79.9. The second-order valence-electron chi connectivity index (χ2n) is 7.35. The van der Waals surface area contributed by atoms with E-state index >= 15 is 0 Å². The molecule has 1 atom stereocenters. The van der Waals surface area contributed by atoms with Crippen LogP contribution in [0.5, 0.6) is 5.75 Å². The first-order chi connectivity index (χ1) is 14.8. The van der Waals surface area contributed by atoms with Crippen molar-refractivity contribution in [2.45, 2.75) is 26.5 Å². The molecule has 2 amide bonds. The van der Waals surface area contributed by atoms with Gasteiger partial charge in [0.25, 0.3) is 5.91 Å². The van der Waals surface area contributed by atoms with E-state index in [2.05, 4.69) is 26.0 Å². The predicted octanol–water partition coefficient (Wildman–Crippen LogP) is 4.14. The first kappa shape index (κ1) is 23.1. The molecule has 1 aliphatic rings. The van der Waals surface area contributed by atoms with E-state index in [1.54, 1.807) is 17.0 Å². The lowest BCUT2D eigenvalue weighted by molar-refractivity contribution is -0.121. The Kier molecular flexibility index (Phi) is 7.61. The molecule has 0 radical (unpaired) electrons. The van der Waals surface area contributed by atoms with Crippen LogP contribution < -0.4 is 10.1 Å². The smallest absolute Gasteiger partial charge is 0.387 e. The number of alkyl halides is 2. The van der Waals surface area contributed by atoms with Gasteiger partial charge in [0, 0.05) is 30.7 Å². The molecular weight excluding hydrogens is 472 g/mol. The van der Waals surface area contributed by atoms with Crippen molar-refractivity contribution >= 4 is 33.4 Å². The lowest BCUT2D eigenvalue weighted by Crippen LogP contribution is -2.54. The highest BCUT2D eigenvalue weighted by molar-refractivity contribution is 9.10. The fourth-order valence-electron chi connectivity index (χ4n) is 3.45. The van der Waals surface area contributed by atoms with Gasteiger partial charge in [0.15, 0.2) is 0 Å². The standard InChI is InChI=1S/C22H24BrF2N3O3/c1-14-7-8-18(17(23)13-14)26-20(29)15(2)27-9-11-28(12-10-27)21(30)16-5-3-4-6-19(16)31-22(24)25/h3-8,13,15,22H,9-12H2,1-2H3,(H,26,29). The minimum Gasteiger partial charge on any atom is -0.434 e. The third kappa shape index (κ3) is 5.80. The van der Waals surface area contributed by atoms with E-state index in [0.717, 1.165) is 10.0 Å². The van der Waals surface area contributed by atoms with E-state index in [-0.39, 0.29) is 29.2 Å². The van der Waals surface area contributed by atoms with E-state index in [1.165, 1.54) is 12.1 Å². The minimum atomic E-state index is -3.00. The van der Waals surface area contributed by atoms with Crippen LogP contribution in [0, 0.1) is 6.92 Å². The predicted molar refractivity (Wildman–Crippen MR) is 118 cm³/mol.